The van der Waals surface area contributed by atoms with Gasteiger partial charge in [-0.3, -0.25) is 4.79 Å². The van der Waals surface area contributed by atoms with Gasteiger partial charge in [0.05, 0.1) is 11.2 Å². The van der Waals surface area contributed by atoms with Gasteiger partial charge in [0, 0.05) is 31.6 Å². The molecule has 0 unspecified atom stereocenters. The Hall–Kier alpha value is -2.16. The van der Waals surface area contributed by atoms with Crippen LogP contribution in [0, 0.1) is 6.92 Å². The first-order chi connectivity index (χ1) is 13.4. The first-order valence-corrected chi connectivity index (χ1v) is 9.86. The van der Waals surface area contributed by atoms with Crippen molar-refractivity contribution in [1.82, 2.24) is 10.1 Å². The quantitative estimate of drug-likeness (QED) is 0.797. The number of carbonyl (C=O) groups excluding carboxylic acids is 1. The van der Waals surface area contributed by atoms with Crippen molar-refractivity contribution in [2.45, 2.75) is 57.8 Å². The number of hydrogen-bond donors (Lipinski definition) is 1. The summed E-state index contributed by atoms with van der Waals surface area (Å²) >= 11 is 0. The second-order valence-electron chi connectivity index (χ2n) is 9.07. The van der Waals surface area contributed by atoms with Crippen LogP contribution < -0.4 is 5.46 Å². The molecule has 3 heterocycles. The zero-order valence-electron chi connectivity index (χ0n) is 17.8. The van der Waals surface area contributed by atoms with Crippen molar-refractivity contribution in [3.05, 3.63) is 35.6 Å². The van der Waals surface area contributed by atoms with Gasteiger partial charge in [-0.15, -0.1) is 0 Å². The molecule has 2 aromatic rings. The van der Waals surface area contributed by atoms with Crippen molar-refractivity contribution in [2.24, 2.45) is 0 Å². The fourth-order valence-corrected chi connectivity index (χ4v) is 3.71. The van der Waals surface area contributed by atoms with E-state index in [2.05, 4.69) is 5.16 Å². The molecule has 1 aromatic carbocycles. The van der Waals surface area contributed by atoms with Crippen molar-refractivity contribution in [1.29, 1.82) is 0 Å². The zero-order chi connectivity index (χ0) is 21.2. The fraction of sp³-hybridized carbons (Fsp3) is 0.524. The number of carbonyl (C=O) groups is 1. The molecular weight excluding hydrogens is 371 g/mol. The Morgan fingerprint density at radius 3 is 2.38 bits per heavy atom. The third-order valence-corrected chi connectivity index (χ3v) is 6.51. The number of amides is 1. The van der Waals surface area contributed by atoms with Gasteiger partial charge in [0.15, 0.2) is 5.76 Å². The summed E-state index contributed by atoms with van der Waals surface area (Å²) in [5, 5.41) is 14.9. The second kappa shape index (κ2) is 6.42. The van der Waals surface area contributed by atoms with Gasteiger partial charge in [0.2, 0.25) is 5.60 Å². The number of likely N-dealkylation sites (tertiary alicyclic amines) is 1. The number of aryl methyl sites for hydroxylation is 1. The van der Waals surface area contributed by atoms with Crippen molar-refractivity contribution in [3.63, 3.8) is 0 Å². The molecule has 1 aromatic heterocycles. The van der Waals surface area contributed by atoms with Crippen LogP contribution in [0.2, 0.25) is 0 Å². The first kappa shape index (κ1) is 20.1. The molecule has 2 aliphatic rings. The van der Waals surface area contributed by atoms with Crippen LogP contribution >= 0.6 is 0 Å². The molecule has 7 nitrogen and oxygen atoms in total. The molecular formula is C21H27BN2O5. The Labute approximate surface area is 171 Å². The van der Waals surface area contributed by atoms with Gasteiger partial charge < -0.3 is 23.8 Å². The van der Waals surface area contributed by atoms with Crippen LogP contribution in [-0.4, -0.2) is 53.0 Å². The molecule has 0 bridgehead atoms. The van der Waals surface area contributed by atoms with Crippen molar-refractivity contribution < 1.29 is 23.7 Å². The van der Waals surface area contributed by atoms with Gasteiger partial charge in [0.25, 0.3) is 5.91 Å². The van der Waals surface area contributed by atoms with E-state index in [4.69, 9.17) is 13.8 Å². The SMILES string of the molecule is Cc1ccc(-c2cc([C@@]3(O)CCN(C)C3=O)on2)cc1B1OC(C)(C)C(C)(C)O1. The van der Waals surface area contributed by atoms with E-state index in [1.165, 1.54) is 4.90 Å². The summed E-state index contributed by atoms with van der Waals surface area (Å²) in [4.78, 5) is 13.8. The van der Waals surface area contributed by atoms with Crippen molar-refractivity contribution >= 4 is 18.5 Å². The highest BCUT2D eigenvalue weighted by Gasteiger charge is 2.52. The van der Waals surface area contributed by atoms with E-state index in [-0.39, 0.29) is 18.1 Å². The van der Waals surface area contributed by atoms with Crippen LogP contribution in [0.1, 0.15) is 45.4 Å². The molecule has 29 heavy (non-hydrogen) atoms. The highest BCUT2D eigenvalue weighted by molar-refractivity contribution is 6.62. The van der Waals surface area contributed by atoms with E-state index in [1.54, 1.807) is 13.1 Å². The predicted molar refractivity (Wildman–Crippen MR) is 109 cm³/mol. The molecule has 2 saturated heterocycles. The molecule has 0 spiro atoms. The monoisotopic (exact) mass is 398 g/mol. The predicted octanol–water partition coefficient (Wildman–Crippen LogP) is 2.00. The van der Waals surface area contributed by atoms with Crippen LogP contribution in [0.25, 0.3) is 11.3 Å². The number of benzene rings is 1. The maximum absolute atomic E-state index is 12.3. The maximum atomic E-state index is 12.3. The molecule has 1 atom stereocenters. The summed E-state index contributed by atoms with van der Waals surface area (Å²) in [5.74, 6) is -0.207. The Morgan fingerprint density at radius 2 is 1.79 bits per heavy atom. The van der Waals surface area contributed by atoms with Crippen molar-refractivity contribution in [2.75, 3.05) is 13.6 Å². The molecule has 1 N–H and O–H groups in total. The lowest BCUT2D eigenvalue weighted by Crippen LogP contribution is -2.41. The third-order valence-electron chi connectivity index (χ3n) is 6.51. The van der Waals surface area contributed by atoms with Crippen LogP contribution in [0.4, 0.5) is 0 Å². The topological polar surface area (TPSA) is 85.0 Å². The first-order valence-electron chi connectivity index (χ1n) is 9.86. The molecule has 0 aliphatic carbocycles. The Morgan fingerprint density at radius 1 is 1.14 bits per heavy atom. The molecule has 154 valence electrons. The summed E-state index contributed by atoms with van der Waals surface area (Å²) in [6, 6.07) is 7.51. The average molecular weight is 398 g/mol. The number of aliphatic hydroxyl groups is 1. The third kappa shape index (κ3) is 3.10. The highest BCUT2D eigenvalue weighted by Crippen LogP contribution is 2.37. The van der Waals surface area contributed by atoms with Gasteiger partial charge in [-0.2, -0.15) is 0 Å². The fourth-order valence-electron chi connectivity index (χ4n) is 3.71. The van der Waals surface area contributed by atoms with Crippen LogP contribution in [-0.2, 0) is 19.7 Å². The number of hydrogen-bond acceptors (Lipinski definition) is 6. The smallest absolute Gasteiger partial charge is 0.399 e. The number of aromatic nitrogens is 1. The Kier molecular flexibility index (Phi) is 4.46. The Bertz CT molecular complexity index is 954. The number of rotatable bonds is 3. The summed E-state index contributed by atoms with van der Waals surface area (Å²) in [6.07, 6.45) is 0.282. The molecule has 2 fully saturated rings. The van der Waals surface area contributed by atoms with E-state index in [1.807, 2.05) is 52.8 Å². The average Bonchev–Trinajstić information content (AvgIpc) is 3.29. The van der Waals surface area contributed by atoms with Crippen molar-refractivity contribution in [3.8, 4) is 11.3 Å². The molecule has 1 amide bonds. The lowest BCUT2D eigenvalue weighted by atomic mass is 9.75. The van der Waals surface area contributed by atoms with E-state index in [0.29, 0.717) is 12.2 Å². The van der Waals surface area contributed by atoms with Crippen LogP contribution in [0.15, 0.2) is 28.8 Å². The second-order valence-corrected chi connectivity index (χ2v) is 9.07. The molecule has 8 heteroatoms. The minimum Gasteiger partial charge on any atom is -0.399 e. The lowest BCUT2D eigenvalue weighted by molar-refractivity contribution is -0.144. The number of nitrogens with zero attached hydrogens (tertiary/aromatic N) is 2. The summed E-state index contributed by atoms with van der Waals surface area (Å²) in [7, 11) is 1.18. The summed E-state index contributed by atoms with van der Waals surface area (Å²) in [5.41, 5.74) is 0.798. The standard InChI is InChI=1S/C21H27BN2O5/c1-13-7-8-14(11-15(13)22-28-19(2,3)20(4,5)29-22)16-12-17(27-23-16)21(26)9-10-24(6)18(21)25/h7-8,11-12,26H,9-10H2,1-6H3/t21-/m0/s1. The minimum absolute atomic E-state index is 0.166. The molecule has 2 aliphatic heterocycles. The van der Waals surface area contributed by atoms with Gasteiger partial charge in [-0.25, -0.2) is 0 Å². The van der Waals surface area contributed by atoms with Crippen LogP contribution in [0.5, 0.6) is 0 Å². The van der Waals surface area contributed by atoms with Gasteiger partial charge in [-0.1, -0.05) is 28.9 Å². The van der Waals surface area contributed by atoms with E-state index in [9.17, 15) is 9.90 Å². The normalized spacial score (nSPS) is 25.8. The van der Waals surface area contributed by atoms with Gasteiger partial charge in [0.1, 0.15) is 5.69 Å². The summed E-state index contributed by atoms with van der Waals surface area (Å²) in [6.45, 7) is 10.6. The minimum atomic E-state index is -1.65. The van der Waals surface area contributed by atoms with Crippen LogP contribution in [0.3, 0.4) is 0 Å². The molecule has 4 rings (SSSR count). The van der Waals surface area contributed by atoms with E-state index >= 15 is 0 Å². The summed E-state index contributed by atoms with van der Waals surface area (Å²) < 4.78 is 17.8. The van der Waals surface area contributed by atoms with E-state index < -0.39 is 23.9 Å². The van der Waals surface area contributed by atoms with Gasteiger partial charge in [-0.05, 0) is 40.1 Å². The molecule has 0 radical (unpaired) electrons. The van der Waals surface area contributed by atoms with Gasteiger partial charge >= 0.3 is 7.12 Å². The van der Waals surface area contributed by atoms with E-state index in [0.717, 1.165) is 16.6 Å². The number of likely N-dealkylation sites (N-methyl/N-ethyl adjacent to an activating group) is 1. The zero-order valence-corrected chi connectivity index (χ0v) is 17.8. The Balaban J connectivity index is 1.66. The largest absolute Gasteiger partial charge is 0.495 e. The molecule has 0 saturated carbocycles. The highest BCUT2D eigenvalue weighted by atomic mass is 16.7. The maximum Gasteiger partial charge on any atom is 0.495 e. The lowest BCUT2D eigenvalue weighted by Gasteiger charge is -2.32.